The lowest BCUT2D eigenvalue weighted by atomic mass is 10.3. The molecule has 20 heavy (non-hydrogen) atoms. The maximum Gasteiger partial charge on any atom is 0.336 e. The Kier molecular flexibility index (Phi) is 4.16. The van der Waals surface area contributed by atoms with E-state index in [2.05, 4.69) is 15.2 Å². The number of nitrogens with zero attached hydrogens (tertiary/aromatic N) is 1. The second kappa shape index (κ2) is 6.02. The van der Waals surface area contributed by atoms with Gasteiger partial charge in [0.05, 0.1) is 19.9 Å². The van der Waals surface area contributed by atoms with E-state index in [-0.39, 0.29) is 12.2 Å². The van der Waals surface area contributed by atoms with Gasteiger partial charge in [-0.3, -0.25) is 4.79 Å². The molecule has 0 spiro atoms. The summed E-state index contributed by atoms with van der Waals surface area (Å²) in [5, 5.41) is 15.2. The molecule has 0 aromatic carbocycles. The van der Waals surface area contributed by atoms with Gasteiger partial charge in [-0.15, -0.1) is 0 Å². The lowest BCUT2D eigenvalue weighted by Crippen LogP contribution is -2.37. The Hall–Kier alpha value is -2.61. The minimum absolute atomic E-state index is 0.00784. The predicted molar refractivity (Wildman–Crippen MR) is 64.6 cm³/mol. The van der Waals surface area contributed by atoms with Crippen LogP contribution in [0.1, 0.15) is 10.5 Å². The fraction of sp³-hybridized carbons (Fsp3) is 0.250. The van der Waals surface area contributed by atoms with Crippen molar-refractivity contribution in [3.05, 3.63) is 30.2 Å². The highest BCUT2D eigenvalue weighted by Gasteiger charge is 2.19. The molecule has 1 amide bonds. The van der Waals surface area contributed by atoms with E-state index in [1.54, 1.807) is 12.1 Å². The van der Waals surface area contributed by atoms with Crippen molar-refractivity contribution >= 4 is 11.9 Å². The van der Waals surface area contributed by atoms with Crippen molar-refractivity contribution < 1.29 is 28.4 Å². The first-order chi connectivity index (χ1) is 9.61. The van der Waals surface area contributed by atoms with E-state index >= 15 is 0 Å². The van der Waals surface area contributed by atoms with Gasteiger partial charge in [-0.05, 0) is 12.1 Å². The Morgan fingerprint density at radius 3 is 2.95 bits per heavy atom. The summed E-state index contributed by atoms with van der Waals surface area (Å²) in [5.41, 5.74) is 0.00784. The summed E-state index contributed by atoms with van der Waals surface area (Å²) >= 11 is 0. The van der Waals surface area contributed by atoms with Crippen molar-refractivity contribution in [2.45, 2.75) is 6.10 Å². The fourth-order valence-corrected chi connectivity index (χ4v) is 1.42. The second-order valence-corrected chi connectivity index (χ2v) is 3.80. The van der Waals surface area contributed by atoms with Crippen molar-refractivity contribution in [3.8, 4) is 11.5 Å². The average Bonchev–Trinajstić information content (AvgIpc) is 3.12. The number of aliphatic hydroxyl groups is 1. The van der Waals surface area contributed by atoms with Crippen LogP contribution in [-0.4, -0.2) is 41.9 Å². The Balaban J connectivity index is 1.95. The van der Waals surface area contributed by atoms with Gasteiger partial charge >= 0.3 is 5.97 Å². The third-order valence-electron chi connectivity index (χ3n) is 2.44. The van der Waals surface area contributed by atoms with Gasteiger partial charge in [0.1, 0.15) is 0 Å². The van der Waals surface area contributed by atoms with Crippen molar-refractivity contribution in [1.82, 2.24) is 10.5 Å². The normalized spacial score (nSPS) is 11.9. The number of carbonyl (C=O) groups is 2. The quantitative estimate of drug-likeness (QED) is 0.751. The molecule has 0 saturated carbocycles. The van der Waals surface area contributed by atoms with Gasteiger partial charge in [0.25, 0.3) is 5.91 Å². The molecule has 2 aromatic heterocycles. The monoisotopic (exact) mass is 280 g/mol. The van der Waals surface area contributed by atoms with Crippen LogP contribution in [-0.2, 0) is 9.53 Å². The standard InChI is InChI=1S/C12H12N2O6/c1-18-12(17)8(15)6-13-11(16)7-5-10(20-14-7)9-3-2-4-19-9/h2-5,8,15H,6H2,1H3,(H,13,16). The lowest BCUT2D eigenvalue weighted by molar-refractivity contribution is -0.149. The summed E-state index contributed by atoms with van der Waals surface area (Å²) in [7, 11) is 1.14. The smallest absolute Gasteiger partial charge is 0.336 e. The number of aliphatic hydroxyl groups excluding tert-OH is 1. The molecule has 1 unspecified atom stereocenters. The maximum atomic E-state index is 11.7. The van der Waals surface area contributed by atoms with Crippen LogP contribution in [0.2, 0.25) is 0 Å². The largest absolute Gasteiger partial charge is 0.467 e. The fourth-order valence-electron chi connectivity index (χ4n) is 1.42. The minimum atomic E-state index is -1.43. The molecule has 0 aliphatic heterocycles. The summed E-state index contributed by atoms with van der Waals surface area (Å²) in [5.74, 6) is -0.684. The van der Waals surface area contributed by atoms with Crippen molar-refractivity contribution in [3.63, 3.8) is 0 Å². The number of nitrogens with one attached hydrogen (secondary N) is 1. The summed E-state index contributed by atoms with van der Waals surface area (Å²) in [4.78, 5) is 22.7. The van der Waals surface area contributed by atoms with Crippen LogP contribution in [0.25, 0.3) is 11.5 Å². The molecule has 0 fully saturated rings. The molecular formula is C12H12N2O6. The van der Waals surface area contributed by atoms with Crippen LogP contribution >= 0.6 is 0 Å². The number of esters is 1. The van der Waals surface area contributed by atoms with E-state index in [9.17, 15) is 14.7 Å². The Morgan fingerprint density at radius 2 is 2.30 bits per heavy atom. The molecule has 2 N–H and O–H groups in total. The van der Waals surface area contributed by atoms with Crippen LogP contribution in [0, 0.1) is 0 Å². The first-order valence-electron chi connectivity index (χ1n) is 5.66. The van der Waals surface area contributed by atoms with E-state index in [0.717, 1.165) is 7.11 Å². The number of amides is 1. The molecule has 8 nitrogen and oxygen atoms in total. The van der Waals surface area contributed by atoms with Gasteiger partial charge in [-0.1, -0.05) is 5.16 Å². The van der Waals surface area contributed by atoms with Gasteiger partial charge < -0.3 is 24.1 Å². The van der Waals surface area contributed by atoms with Crippen LogP contribution in [0.5, 0.6) is 0 Å². The summed E-state index contributed by atoms with van der Waals surface area (Å²) < 4.78 is 14.4. The molecular weight excluding hydrogens is 268 g/mol. The molecule has 2 heterocycles. The molecule has 0 aliphatic rings. The predicted octanol–water partition coefficient (Wildman–Crippen LogP) is 0.198. The molecule has 106 valence electrons. The first kappa shape index (κ1) is 13.8. The van der Waals surface area contributed by atoms with Crippen molar-refractivity contribution in [2.24, 2.45) is 0 Å². The number of rotatable bonds is 5. The number of hydrogen-bond acceptors (Lipinski definition) is 7. The molecule has 1 atom stereocenters. The number of aromatic nitrogens is 1. The molecule has 0 saturated heterocycles. The zero-order chi connectivity index (χ0) is 14.5. The molecule has 2 rings (SSSR count). The minimum Gasteiger partial charge on any atom is -0.467 e. The van der Waals surface area contributed by atoms with Gasteiger partial charge in [0, 0.05) is 6.07 Å². The van der Waals surface area contributed by atoms with Crippen LogP contribution in [0.4, 0.5) is 0 Å². The number of ether oxygens (including phenoxy) is 1. The van der Waals surface area contributed by atoms with E-state index in [4.69, 9.17) is 8.94 Å². The zero-order valence-electron chi connectivity index (χ0n) is 10.5. The average molecular weight is 280 g/mol. The third kappa shape index (κ3) is 3.04. The Bertz CT molecular complexity index is 589. The molecule has 2 aromatic rings. The van der Waals surface area contributed by atoms with Gasteiger partial charge in [-0.2, -0.15) is 0 Å². The van der Waals surface area contributed by atoms with E-state index in [0.29, 0.717) is 11.5 Å². The van der Waals surface area contributed by atoms with Gasteiger partial charge in [-0.25, -0.2) is 4.79 Å². The molecule has 8 heteroatoms. The molecule has 0 aliphatic carbocycles. The number of carbonyl (C=O) groups excluding carboxylic acids is 2. The zero-order valence-corrected chi connectivity index (χ0v) is 10.5. The molecule has 0 radical (unpaired) electrons. The van der Waals surface area contributed by atoms with Crippen LogP contribution in [0.3, 0.4) is 0 Å². The van der Waals surface area contributed by atoms with Crippen LogP contribution < -0.4 is 5.32 Å². The summed E-state index contributed by atoms with van der Waals surface area (Å²) in [6.07, 6.45) is 0.0324. The summed E-state index contributed by atoms with van der Waals surface area (Å²) in [6.45, 7) is -0.283. The number of hydrogen-bond donors (Lipinski definition) is 2. The van der Waals surface area contributed by atoms with Gasteiger partial charge in [0.15, 0.2) is 17.6 Å². The van der Waals surface area contributed by atoms with Gasteiger partial charge in [0.2, 0.25) is 5.76 Å². The highest BCUT2D eigenvalue weighted by Crippen LogP contribution is 2.20. The number of furan rings is 1. The highest BCUT2D eigenvalue weighted by atomic mass is 16.5. The summed E-state index contributed by atoms with van der Waals surface area (Å²) in [6, 6.07) is 4.71. The Labute approximate surface area is 113 Å². The van der Waals surface area contributed by atoms with Crippen molar-refractivity contribution in [1.29, 1.82) is 0 Å². The van der Waals surface area contributed by atoms with E-state index < -0.39 is 18.0 Å². The second-order valence-electron chi connectivity index (χ2n) is 3.80. The first-order valence-corrected chi connectivity index (χ1v) is 5.66. The van der Waals surface area contributed by atoms with E-state index in [1.807, 2.05) is 0 Å². The SMILES string of the molecule is COC(=O)C(O)CNC(=O)c1cc(-c2ccco2)on1. The maximum absolute atomic E-state index is 11.7. The Morgan fingerprint density at radius 1 is 1.50 bits per heavy atom. The molecule has 0 bridgehead atoms. The lowest BCUT2D eigenvalue weighted by Gasteiger charge is -2.08. The van der Waals surface area contributed by atoms with Crippen LogP contribution in [0.15, 0.2) is 33.4 Å². The topological polar surface area (TPSA) is 115 Å². The van der Waals surface area contributed by atoms with Crippen molar-refractivity contribution in [2.75, 3.05) is 13.7 Å². The third-order valence-corrected chi connectivity index (χ3v) is 2.44. The van der Waals surface area contributed by atoms with E-state index in [1.165, 1.54) is 12.3 Å². The highest BCUT2D eigenvalue weighted by molar-refractivity contribution is 5.93. The number of methoxy groups -OCH3 is 1.